The minimum absolute atomic E-state index is 0.0987. The maximum Gasteiger partial charge on any atom is 0.472 e. The van der Waals surface area contributed by atoms with E-state index in [0.717, 1.165) is 127 Å². The van der Waals surface area contributed by atoms with E-state index in [9.17, 15) is 43.2 Å². The molecule has 3 N–H and O–H groups in total. The van der Waals surface area contributed by atoms with Gasteiger partial charge in [-0.1, -0.05) is 310 Å². The number of aliphatic hydroxyl groups excluding tert-OH is 1. The van der Waals surface area contributed by atoms with Crippen LogP contribution in [0.4, 0.5) is 0 Å². The summed E-state index contributed by atoms with van der Waals surface area (Å²) >= 11 is 0. The topological polar surface area (TPSA) is 237 Å². The van der Waals surface area contributed by atoms with E-state index in [4.69, 9.17) is 37.0 Å². The van der Waals surface area contributed by atoms with E-state index >= 15 is 0 Å². The van der Waals surface area contributed by atoms with E-state index in [1.165, 1.54) is 148 Å². The van der Waals surface area contributed by atoms with E-state index in [1.54, 1.807) is 0 Å². The number of allylic oxidation sites excluding steroid dienone is 4. The van der Waals surface area contributed by atoms with E-state index in [2.05, 4.69) is 72.8 Å². The van der Waals surface area contributed by atoms with Crippen LogP contribution in [0.25, 0.3) is 0 Å². The van der Waals surface area contributed by atoms with Crippen molar-refractivity contribution >= 4 is 39.5 Å². The Bertz CT molecular complexity index is 1950. The van der Waals surface area contributed by atoms with Crippen LogP contribution in [0.3, 0.4) is 0 Å². The van der Waals surface area contributed by atoms with Crippen LogP contribution < -0.4 is 0 Å². The summed E-state index contributed by atoms with van der Waals surface area (Å²) in [5.74, 6) is 0.121. The van der Waals surface area contributed by atoms with Crippen molar-refractivity contribution in [3.05, 3.63) is 24.3 Å². The van der Waals surface area contributed by atoms with E-state index in [1.807, 2.05) is 0 Å². The highest BCUT2D eigenvalue weighted by molar-refractivity contribution is 7.47. The molecule has 6 atom stereocenters. The standard InChI is InChI=1S/C76H144O17P2/c1-8-10-11-12-13-14-15-16-17-21-24-30-35-43-50-57-73(78)86-63-71(92-76(81)60-53-46-37-32-27-26-28-33-40-47-54-67(3)4)65-90-94(82,83)88-61-70(77)62-89-95(84,85)91-66-72(64-87-74(79)58-51-44-39-38-41-48-55-68(5)6)93-75(80)59-52-45-36-31-25-22-19-18-20-23-29-34-42-49-56-69(7)9-2/h14-17,67-72,77H,8-13,18-66H2,1-7H3,(H,82,83)(H,84,85)/b15-14-,17-16-/t69?,70-,71-,72-/m1/s1. The summed E-state index contributed by atoms with van der Waals surface area (Å²) in [7, 11) is -9.92. The van der Waals surface area contributed by atoms with Gasteiger partial charge in [0.15, 0.2) is 12.2 Å². The molecule has 0 aromatic rings. The largest absolute Gasteiger partial charge is 0.472 e. The van der Waals surface area contributed by atoms with Crippen molar-refractivity contribution in [1.82, 2.24) is 0 Å². The van der Waals surface area contributed by atoms with Gasteiger partial charge in [-0.05, 0) is 69.1 Å². The first-order valence-corrected chi connectivity index (χ1v) is 41.7. The Labute approximate surface area is 580 Å². The zero-order valence-corrected chi connectivity index (χ0v) is 63.4. The van der Waals surface area contributed by atoms with Crippen LogP contribution in [-0.4, -0.2) is 96.7 Å². The summed E-state index contributed by atoms with van der Waals surface area (Å²) < 4.78 is 68.4. The lowest BCUT2D eigenvalue weighted by atomic mass is 9.99. The number of hydrogen-bond donors (Lipinski definition) is 3. The molecule has 0 spiro atoms. The number of ether oxygens (including phenoxy) is 4. The van der Waals surface area contributed by atoms with Gasteiger partial charge in [0, 0.05) is 25.7 Å². The molecule has 0 saturated heterocycles. The number of carbonyl (C=O) groups excluding carboxylic acids is 4. The number of carbonyl (C=O) groups is 4. The fourth-order valence-corrected chi connectivity index (χ4v) is 12.6. The van der Waals surface area contributed by atoms with Crippen molar-refractivity contribution in [2.45, 2.75) is 381 Å². The molecule has 0 rings (SSSR count). The molecule has 0 amide bonds. The molecule has 0 aromatic carbocycles. The fraction of sp³-hybridized carbons (Fsp3) is 0.895. The molecule has 0 fully saturated rings. The van der Waals surface area contributed by atoms with Crippen LogP contribution >= 0.6 is 15.6 Å². The van der Waals surface area contributed by atoms with E-state index in [-0.39, 0.29) is 25.7 Å². The third kappa shape index (κ3) is 68.5. The highest BCUT2D eigenvalue weighted by Crippen LogP contribution is 2.45. The van der Waals surface area contributed by atoms with Gasteiger partial charge >= 0.3 is 39.5 Å². The third-order valence-electron chi connectivity index (χ3n) is 17.4. The highest BCUT2D eigenvalue weighted by Gasteiger charge is 2.30. The molecular formula is C76H144O17P2. The summed E-state index contributed by atoms with van der Waals surface area (Å²) in [5.41, 5.74) is 0. The fourth-order valence-electron chi connectivity index (χ4n) is 11.0. The van der Waals surface area contributed by atoms with Crippen LogP contribution in [0.1, 0.15) is 363 Å². The minimum Gasteiger partial charge on any atom is -0.462 e. The van der Waals surface area contributed by atoms with Gasteiger partial charge in [-0.2, -0.15) is 0 Å². The number of phosphoric ester groups is 2. The maximum absolute atomic E-state index is 13.1. The van der Waals surface area contributed by atoms with Gasteiger partial charge in [0.25, 0.3) is 0 Å². The Hall–Kier alpha value is -2.46. The summed E-state index contributed by atoms with van der Waals surface area (Å²) in [4.78, 5) is 72.7. The molecule has 3 unspecified atom stereocenters. The lowest BCUT2D eigenvalue weighted by Gasteiger charge is -2.21. The average molecular weight is 1390 g/mol. The summed E-state index contributed by atoms with van der Waals surface area (Å²) in [6, 6.07) is 0. The Kier molecular flexibility index (Phi) is 64.4. The third-order valence-corrected chi connectivity index (χ3v) is 19.3. The van der Waals surface area contributed by atoms with Crippen molar-refractivity contribution in [2.75, 3.05) is 39.6 Å². The number of phosphoric acid groups is 2. The smallest absolute Gasteiger partial charge is 0.462 e. The first-order chi connectivity index (χ1) is 45.8. The monoisotopic (exact) mass is 1390 g/mol. The quantitative estimate of drug-likeness (QED) is 0.0169. The first-order valence-electron chi connectivity index (χ1n) is 38.7. The Morgan fingerprint density at radius 2 is 0.621 bits per heavy atom. The van der Waals surface area contributed by atoms with Gasteiger partial charge < -0.3 is 33.8 Å². The van der Waals surface area contributed by atoms with Gasteiger partial charge in [-0.3, -0.25) is 37.3 Å². The van der Waals surface area contributed by atoms with Crippen molar-refractivity contribution < 1.29 is 80.2 Å². The summed E-state index contributed by atoms with van der Waals surface area (Å²) in [6.45, 7) is 11.8. The zero-order valence-electron chi connectivity index (χ0n) is 61.6. The van der Waals surface area contributed by atoms with Crippen LogP contribution in [-0.2, 0) is 65.4 Å². The second-order valence-electron chi connectivity index (χ2n) is 27.9. The van der Waals surface area contributed by atoms with Gasteiger partial charge in [-0.25, -0.2) is 9.13 Å². The summed E-state index contributed by atoms with van der Waals surface area (Å²) in [6.07, 6.45) is 55.0. The molecule has 0 aromatic heterocycles. The highest BCUT2D eigenvalue weighted by atomic mass is 31.2. The van der Waals surface area contributed by atoms with Gasteiger partial charge in [0.2, 0.25) is 0 Å². The molecule has 0 bridgehead atoms. The van der Waals surface area contributed by atoms with Crippen LogP contribution in [0.2, 0.25) is 0 Å². The molecule has 560 valence electrons. The van der Waals surface area contributed by atoms with Crippen molar-refractivity contribution in [1.29, 1.82) is 0 Å². The summed E-state index contributed by atoms with van der Waals surface area (Å²) in [5, 5.41) is 10.6. The SMILES string of the molecule is CCCCCC/C=C\C=C/CCCCCCCC(=O)OC[C@H](COP(=O)(O)OC[C@@H](O)COP(=O)(O)OC[C@@H](COC(=O)CCCCCCCCC(C)C)OC(=O)CCCCCCCCCCCCCCCCC(C)CC)OC(=O)CCCCCCCCCCCCC(C)C. The van der Waals surface area contributed by atoms with Crippen LogP contribution in [0, 0.1) is 17.8 Å². The van der Waals surface area contributed by atoms with Gasteiger partial charge in [-0.15, -0.1) is 0 Å². The Morgan fingerprint density at radius 1 is 0.347 bits per heavy atom. The first kappa shape index (κ1) is 92.5. The molecule has 17 nitrogen and oxygen atoms in total. The zero-order chi connectivity index (χ0) is 70.1. The van der Waals surface area contributed by atoms with Crippen LogP contribution in [0.5, 0.6) is 0 Å². The molecule has 95 heavy (non-hydrogen) atoms. The molecule has 0 saturated carbocycles. The van der Waals surface area contributed by atoms with E-state index in [0.29, 0.717) is 31.6 Å². The average Bonchev–Trinajstić information content (AvgIpc) is 1.46. The predicted octanol–water partition coefficient (Wildman–Crippen LogP) is 21.7. The molecular weight excluding hydrogens is 1250 g/mol. The number of hydrogen-bond acceptors (Lipinski definition) is 15. The molecule has 0 aliphatic rings. The predicted molar refractivity (Wildman–Crippen MR) is 386 cm³/mol. The normalized spacial score (nSPS) is 14.5. The number of rotatable bonds is 72. The van der Waals surface area contributed by atoms with Gasteiger partial charge in [0.1, 0.15) is 19.3 Å². The van der Waals surface area contributed by atoms with Crippen molar-refractivity contribution in [3.8, 4) is 0 Å². The number of unbranched alkanes of at least 4 members (excludes halogenated alkanes) is 36. The Morgan fingerprint density at radius 3 is 0.937 bits per heavy atom. The number of aliphatic hydroxyl groups is 1. The molecule has 0 heterocycles. The minimum atomic E-state index is -4.96. The Balaban J connectivity index is 5.25. The second-order valence-corrected chi connectivity index (χ2v) is 30.8. The van der Waals surface area contributed by atoms with Crippen LogP contribution in [0.15, 0.2) is 24.3 Å². The second kappa shape index (κ2) is 66.1. The van der Waals surface area contributed by atoms with Gasteiger partial charge in [0.05, 0.1) is 26.4 Å². The molecule has 0 aliphatic heterocycles. The maximum atomic E-state index is 13.1. The lowest BCUT2D eigenvalue weighted by molar-refractivity contribution is -0.161. The number of esters is 4. The lowest BCUT2D eigenvalue weighted by Crippen LogP contribution is -2.30. The molecule has 0 radical (unpaired) electrons. The molecule has 0 aliphatic carbocycles. The van der Waals surface area contributed by atoms with Crippen molar-refractivity contribution in [3.63, 3.8) is 0 Å². The van der Waals surface area contributed by atoms with Crippen molar-refractivity contribution in [2.24, 2.45) is 17.8 Å². The van der Waals surface area contributed by atoms with E-state index < -0.39 is 97.5 Å². The molecule has 19 heteroatoms.